The van der Waals surface area contributed by atoms with Gasteiger partial charge in [-0.1, -0.05) is 31.6 Å². The van der Waals surface area contributed by atoms with Crippen molar-refractivity contribution in [3.05, 3.63) is 57.9 Å². The van der Waals surface area contributed by atoms with Crippen LogP contribution in [0.3, 0.4) is 0 Å². The highest BCUT2D eigenvalue weighted by Crippen LogP contribution is 3.02. The van der Waals surface area contributed by atoms with Crippen molar-refractivity contribution in [3.63, 3.8) is 0 Å². The largest absolute Gasteiger partial charge is 0.391 e. The van der Waals surface area contributed by atoms with Gasteiger partial charge in [0.05, 0.1) is 10.6 Å². The number of benzene rings is 2. The first-order valence-electron chi connectivity index (χ1n) is 6.48. The van der Waals surface area contributed by atoms with Gasteiger partial charge in [-0.25, -0.2) is 4.39 Å². The second kappa shape index (κ2) is 5.18. The number of hydrogen-bond acceptors (Lipinski definition) is 4. The van der Waals surface area contributed by atoms with E-state index < -0.39 is 43.8 Å². The number of rotatable bonds is 5. The summed E-state index contributed by atoms with van der Waals surface area (Å²) in [6.45, 7) is -0.435. The number of nitrogen functional groups attached to an aromatic ring is 1. The van der Waals surface area contributed by atoms with Crippen molar-refractivity contribution >= 4 is 27.3 Å². The minimum absolute atomic E-state index is 0.193. The number of nitrogens with zero attached hydrogens (tertiary/aromatic N) is 1. The molecule has 0 fully saturated rings. The third-order valence-corrected chi connectivity index (χ3v) is 4.33. The summed E-state index contributed by atoms with van der Waals surface area (Å²) < 4.78 is 77.8. The predicted octanol–water partition coefficient (Wildman–Crippen LogP) is 5.59. The molecule has 0 unspecified atom stereocenters. The van der Waals surface area contributed by atoms with Gasteiger partial charge in [0.25, 0.3) is 5.69 Å². The highest BCUT2D eigenvalue weighted by Gasteiger charge is 2.65. The Bertz CT molecular complexity index is 857. The van der Waals surface area contributed by atoms with E-state index in [4.69, 9.17) is 5.73 Å². The summed E-state index contributed by atoms with van der Waals surface area (Å²) in [7, 11) is -9.82. The maximum atomic E-state index is 13.9. The third kappa shape index (κ3) is 4.26. The lowest BCUT2D eigenvalue weighted by Gasteiger charge is -2.40. The number of hydrogen-bond donors (Lipinski definition) is 2. The highest BCUT2D eigenvalue weighted by atomic mass is 32.5. The van der Waals surface area contributed by atoms with Crippen LogP contribution in [-0.2, 0) is 6.54 Å². The van der Waals surface area contributed by atoms with E-state index >= 15 is 0 Å². The maximum absolute atomic E-state index is 13.9. The molecule has 0 amide bonds. The van der Waals surface area contributed by atoms with Crippen molar-refractivity contribution in [3.8, 4) is 0 Å². The summed E-state index contributed by atoms with van der Waals surface area (Å²) in [6, 6.07) is 4.30. The lowest BCUT2D eigenvalue weighted by molar-refractivity contribution is -0.384. The topological polar surface area (TPSA) is 81.2 Å². The first-order valence-corrected chi connectivity index (χ1v) is 8.43. The Morgan fingerprint density at radius 3 is 2.32 bits per heavy atom. The molecule has 2 rings (SSSR count). The van der Waals surface area contributed by atoms with Crippen LogP contribution in [0.2, 0.25) is 0 Å². The van der Waals surface area contributed by atoms with Gasteiger partial charge in [-0.2, -0.15) is 0 Å². The molecule has 3 N–H and O–H groups in total. The Morgan fingerprint density at radius 1 is 1.12 bits per heavy atom. The van der Waals surface area contributed by atoms with Crippen molar-refractivity contribution in [1.82, 2.24) is 0 Å². The minimum Gasteiger partial charge on any atom is -0.391 e. The molecule has 0 saturated heterocycles. The minimum atomic E-state index is -9.82. The normalized spacial score (nSPS) is 14.5. The average Bonchev–Trinajstić information content (AvgIpc) is 2.46. The fourth-order valence-corrected chi connectivity index (χ4v) is 2.68. The Morgan fingerprint density at radius 2 is 1.76 bits per heavy atom. The maximum Gasteiger partial charge on any atom is 0.310 e. The lowest BCUT2D eigenvalue weighted by atomic mass is 10.2. The fraction of sp³-hybridized carbons (Fsp3) is 0.0769. The van der Waals surface area contributed by atoms with E-state index in [1.807, 2.05) is 0 Å². The molecule has 0 radical (unpaired) electrons. The van der Waals surface area contributed by atoms with Gasteiger partial charge in [0.2, 0.25) is 0 Å². The zero-order chi connectivity index (χ0) is 19.1. The monoisotopic (exact) mass is 387 g/mol. The quantitative estimate of drug-likeness (QED) is 0.303. The first kappa shape index (κ1) is 18.7. The van der Waals surface area contributed by atoms with E-state index in [2.05, 4.69) is 5.32 Å². The van der Waals surface area contributed by atoms with Crippen LogP contribution in [0.4, 0.5) is 40.9 Å². The molecule has 0 aliphatic rings. The van der Waals surface area contributed by atoms with Gasteiger partial charge in [0, 0.05) is 12.6 Å². The van der Waals surface area contributed by atoms with Crippen molar-refractivity contribution in [1.29, 1.82) is 0 Å². The predicted molar refractivity (Wildman–Crippen MR) is 82.6 cm³/mol. The molecule has 2 aromatic rings. The molecule has 0 spiro atoms. The zero-order valence-electron chi connectivity index (χ0n) is 12.2. The van der Waals surface area contributed by atoms with Gasteiger partial charge in [-0.3, -0.25) is 10.1 Å². The van der Waals surface area contributed by atoms with E-state index in [0.717, 1.165) is 24.3 Å². The molecule has 138 valence electrons. The summed E-state index contributed by atoms with van der Waals surface area (Å²) in [5.74, 6) is -1.17. The zero-order valence-corrected chi connectivity index (χ0v) is 13.0. The Hall–Kier alpha value is -2.63. The van der Waals surface area contributed by atoms with Gasteiger partial charge in [0.15, 0.2) is 5.82 Å². The molecular formula is C13H11F6N3O2S. The van der Waals surface area contributed by atoms with Crippen LogP contribution in [0.5, 0.6) is 0 Å². The second-order valence-corrected chi connectivity index (χ2v) is 7.50. The van der Waals surface area contributed by atoms with Gasteiger partial charge >= 0.3 is 10.2 Å². The molecule has 0 atom stereocenters. The van der Waals surface area contributed by atoms with Crippen LogP contribution in [0.1, 0.15) is 5.56 Å². The fourth-order valence-electron chi connectivity index (χ4n) is 1.97. The van der Waals surface area contributed by atoms with Crippen LogP contribution >= 0.6 is 10.2 Å². The Labute approximate surface area is 137 Å². The summed E-state index contributed by atoms with van der Waals surface area (Å²) in [5.41, 5.74) is 3.33. The van der Waals surface area contributed by atoms with Crippen LogP contribution in [0.15, 0.2) is 41.3 Å². The molecule has 0 saturated carbocycles. The van der Waals surface area contributed by atoms with Crippen LogP contribution in [0, 0.1) is 15.9 Å². The Kier molecular flexibility index (Phi) is 3.88. The smallest absolute Gasteiger partial charge is 0.310 e. The number of nitrogens with two attached hydrogens (primary N) is 1. The highest BCUT2D eigenvalue weighted by molar-refractivity contribution is 8.45. The van der Waals surface area contributed by atoms with E-state index in [1.54, 1.807) is 0 Å². The summed E-state index contributed by atoms with van der Waals surface area (Å²) >= 11 is 0. The molecule has 0 heterocycles. The molecule has 5 nitrogen and oxygen atoms in total. The van der Waals surface area contributed by atoms with E-state index in [0.29, 0.717) is 0 Å². The number of halogens is 6. The molecule has 25 heavy (non-hydrogen) atoms. The number of nitrogens with one attached hydrogen (secondary N) is 1. The van der Waals surface area contributed by atoms with E-state index in [-0.39, 0.29) is 23.4 Å². The molecule has 0 bridgehead atoms. The molecule has 0 aliphatic heterocycles. The SMILES string of the molecule is Nc1c([N+](=O)[O-])ccc(NCc2cccc(S(F)(F)(F)(F)F)c2)c1F. The van der Waals surface area contributed by atoms with Crippen molar-refractivity contribution < 1.29 is 28.7 Å². The summed E-state index contributed by atoms with van der Waals surface area (Å²) in [4.78, 5) is 7.65. The molecular weight excluding hydrogens is 376 g/mol. The summed E-state index contributed by atoms with van der Waals surface area (Å²) in [5, 5.41) is 13.0. The second-order valence-electron chi connectivity index (χ2n) is 5.09. The standard InChI is InChI=1S/C13H11F6N3O2S/c14-12-10(4-5-11(13(12)20)22(23)24)21-7-8-2-1-3-9(6-8)25(15,16,17,18)19/h1-6,21H,7,20H2. The van der Waals surface area contributed by atoms with E-state index in [1.165, 1.54) is 0 Å². The van der Waals surface area contributed by atoms with Crippen LogP contribution < -0.4 is 11.1 Å². The van der Waals surface area contributed by atoms with Gasteiger partial charge < -0.3 is 11.1 Å². The Balaban J connectivity index is 2.27. The van der Waals surface area contributed by atoms with Gasteiger partial charge in [0.1, 0.15) is 10.6 Å². The van der Waals surface area contributed by atoms with Crippen molar-refractivity contribution in [2.75, 3.05) is 11.1 Å². The van der Waals surface area contributed by atoms with Gasteiger partial charge in [-0.15, -0.1) is 0 Å². The van der Waals surface area contributed by atoms with Crippen LogP contribution in [0.25, 0.3) is 0 Å². The number of nitro groups is 1. The number of nitro benzene ring substituents is 1. The molecule has 2 aromatic carbocycles. The third-order valence-electron chi connectivity index (χ3n) is 3.18. The molecule has 0 aromatic heterocycles. The first-order chi connectivity index (χ1) is 11.2. The molecule has 12 heteroatoms. The number of anilines is 2. The van der Waals surface area contributed by atoms with Crippen molar-refractivity contribution in [2.45, 2.75) is 11.4 Å². The van der Waals surface area contributed by atoms with Crippen molar-refractivity contribution in [2.24, 2.45) is 0 Å². The summed E-state index contributed by atoms with van der Waals surface area (Å²) in [6.07, 6.45) is 0. The average molecular weight is 387 g/mol. The van der Waals surface area contributed by atoms with E-state index in [9.17, 15) is 33.9 Å². The molecule has 0 aliphatic carbocycles. The van der Waals surface area contributed by atoms with Gasteiger partial charge in [-0.05, 0) is 23.8 Å². The lowest BCUT2D eigenvalue weighted by Crippen LogP contribution is -2.08. The van der Waals surface area contributed by atoms with Crippen LogP contribution in [-0.4, -0.2) is 4.92 Å².